The predicted molar refractivity (Wildman–Crippen MR) is 71.4 cm³/mol. The van der Waals surface area contributed by atoms with E-state index >= 15 is 0 Å². The van der Waals surface area contributed by atoms with E-state index in [1.807, 2.05) is 30.3 Å². The van der Waals surface area contributed by atoms with Crippen LogP contribution in [0.4, 0.5) is 0 Å². The number of ether oxygens (including phenoxy) is 1. The highest BCUT2D eigenvalue weighted by Gasteiger charge is 2.63. The van der Waals surface area contributed by atoms with E-state index in [0.29, 0.717) is 18.4 Å². The van der Waals surface area contributed by atoms with Gasteiger partial charge in [-0.25, -0.2) is 0 Å². The lowest BCUT2D eigenvalue weighted by molar-refractivity contribution is -0.146. The van der Waals surface area contributed by atoms with Crippen LogP contribution in [0.25, 0.3) is 0 Å². The SMILES string of the molecule is O=C1O[C@H]2C[C@@H]3C[C@H]2[C@@H]1[C@H]3C(=O)NCc1ccccc1. The number of esters is 1. The van der Waals surface area contributed by atoms with Gasteiger partial charge in [-0.15, -0.1) is 0 Å². The van der Waals surface area contributed by atoms with Crippen LogP contribution in [0.5, 0.6) is 0 Å². The zero-order valence-electron chi connectivity index (χ0n) is 11.1. The van der Waals surface area contributed by atoms with Gasteiger partial charge in [0, 0.05) is 12.5 Å². The highest BCUT2D eigenvalue weighted by atomic mass is 16.6. The normalized spacial score (nSPS) is 37.0. The first-order valence-corrected chi connectivity index (χ1v) is 7.26. The molecule has 4 heteroatoms. The maximum Gasteiger partial charge on any atom is 0.310 e. The summed E-state index contributed by atoms with van der Waals surface area (Å²) >= 11 is 0. The first-order valence-electron chi connectivity index (χ1n) is 7.26. The zero-order valence-corrected chi connectivity index (χ0v) is 11.1. The lowest BCUT2D eigenvalue weighted by Crippen LogP contribution is -2.39. The summed E-state index contributed by atoms with van der Waals surface area (Å²) in [7, 11) is 0. The third-order valence-corrected chi connectivity index (χ3v) is 5.10. The Morgan fingerprint density at radius 1 is 1.25 bits per heavy atom. The lowest BCUT2D eigenvalue weighted by atomic mass is 9.79. The van der Waals surface area contributed by atoms with Gasteiger partial charge in [0.15, 0.2) is 0 Å². The van der Waals surface area contributed by atoms with E-state index in [1.54, 1.807) is 0 Å². The van der Waals surface area contributed by atoms with Crippen LogP contribution in [-0.2, 0) is 20.9 Å². The molecular weight excluding hydrogens is 254 g/mol. The third-order valence-electron chi connectivity index (χ3n) is 5.10. The number of benzene rings is 1. The van der Waals surface area contributed by atoms with Gasteiger partial charge in [-0.2, -0.15) is 0 Å². The van der Waals surface area contributed by atoms with Crippen LogP contribution in [0.2, 0.25) is 0 Å². The summed E-state index contributed by atoms with van der Waals surface area (Å²) in [5, 5.41) is 2.98. The fourth-order valence-corrected chi connectivity index (χ4v) is 4.27. The second-order valence-electron chi connectivity index (χ2n) is 6.13. The van der Waals surface area contributed by atoms with Gasteiger partial charge < -0.3 is 10.1 Å². The van der Waals surface area contributed by atoms with Gasteiger partial charge in [-0.05, 0) is 24.3 Å². The van der Waals surface area contributed by atoms with Crippen LogP contribution in [0.15, 0.2) is 30.3 Å². The Kier molecular flexibility index (Phi) is 2.59. The summed E-state index contributed by atoms with van der Waals surface area (Å²) in [4.78, 5) is 24.3. The molecule has 4 nitrogen and oxygen atoms in total. The van der Waals surface area contributed by atoms with Crippen LogP contribution < -0.4 is 5.32 Å². The molecule has 1 aliphatic heterocycles. The predicted octanol–water partition coefficient (Wildman–Crippen LogP) is 1.50. The Morgan fingerprint density at radius 2 is 2.05 bits per heavy atom. The highest BCUT2D eigenvalue weighted by molar-refractivity contribution is 5.88. The van der Waals surface area contributed by atoms with Crippen molar-refractivity contribution in [2.24, 2.45) is 23.7 Å². The van der Waals surface area contributed by atoms with Crippen molar-refractivity contribution in [2.75, 3.05) is 0 Å². The van der Waals surface area contributed by atoms with E-state index in [-0.39, 0.29) is 29.8 Å². The third kappa shape index (κ3) is 1.67. The van der Waals surface area contributed by atoms with Crippen molar-refractivity contribution in [1.29, 1.82) is 0 Å². The van der Waals surface area contributed by atoms with E-state index in [0.717, 1.165) is 18.4 Å². The summed E-state index contributed by atoms with van der Waals surface area (Å²) in [6, 6.07) is 9.84. The number of amides is 1. The first-order chi connectivity index (χ1) is 9.74. The first kappa shape index (κ1) is 11.9. The van der Waals surface area contributed by atoms with E-state index < -0.39 is 0 Å². The number of fused-ring (bicyclic) bond motifs is 1. The quantitative estimate of drug-likeness (QED) is 0.848. The van der Waals surface area contributed by atoms with Crippen molar-refractivity contribution in [3.05, 3.63) is 35.9 Å². The van der Waals surface area contributed by atoms with Gasteiger partial charge in [-0.1, -0.05) is 30.3 Å². The molecule has 1 aromatic carbocycles. The molecule has 1 aromatic rings. The van der Waals surface area contributed by atoms with Gasteiger partial charge in [0.25, 0.3) is 0 Å². The number of hydrogen-bond donors (Lipinski definition) is 1. The van der Waals surface area contributed by atoms with Gasteiger partial charge >= 0.3 is 5.97 Å². The van der Waals surface area contributed by atoms with E-state index in [1.165, 1.54) is 0 Å². The van der Waals surface area contributed by atoms with Crippen molar-refractivity contribution in [3.63, 3.8) is 0 Å². The summed E-state index contributed by atoms with van der Waals surface area (Å²) < 4.78 is 5.36. The molecule has 3 aliphatic rings. The maximum absolute atomic E-state index is 12.4. The van der Waals surface area contributed by atoms with Crippen LogP contribution in [0.1, 0.15) is 18.4 Å². The minimum absolute atomic E-state index is 0.0173. The second-order valence-corrected chi connectivity index (χ2v) is 6.13. The smallest absolute Gasteiger partial charge is 0.310 e. The molecule has 20 heavy (non-hydrogen) atoms. The van der Waals surface area contributed by atoms with Crippen molar-refractivity contribution >= 4 is 11.9 Å². The van der Waals surface area contributed by atoms with Crippen molar-refractivity contribution in [2.45, 2.75) is 25.5 Å². The number of rotatable bonds is 3. The van der Waals surface area contributed by atoms with Crippen LogP contribution in [0, 0.1) is 23.7 Å². The fraction of sp³-hybridized carbons (Fsp3) is 0.500. The number of carbonyl (C=O) groups is 2. The summed E-state index contributed by atoms with van der Waals surface area (Å²) in [6.45, 7) is 0.527. The van der Waals surface area contributed by atoms with Crippen molar-refractivity contribution < 1.29 is 14.3 Å². The molecule has 1 heterocycles. The summed E-state index contributed by atoms with van der Waals surface area (Å²) in [6.07, 6.45) is 1.94. The minimum atomic E-state index is -0.186. The van der Waals surface area contributed by atoms with Crippen molar-refractivity contribution in [1.82, 2.24) is 5.32 Å². The van der Waals surface area contributed by atoms with E-state index in [2.05, 4.69) is 5.32 Å². The molecule has 4 rings (SSSR count). The largest absolute Gasteiger partial charge is 0.462 e. The number of carbonyl (C=O) groups excluding carboxylic acids is 2. The monoisotopic (exact) mass is 271 g/mol. The summed E-state index contributed by atoms with van der Waals surface area (Å²) in [5.74, 6) is 0.130. The molecule has 3 fully saturated rings. The standard InChI is InChI=1S/C16H17NO3/c18-15(17-8-9-4-2-1-3-5-9)13-10-6-11-12(7-10)20-16(19)14(11)13/h1-5,10-14H,6-8H2,(H,17,18)/t10-,11+,12-,13-,14+/m0/s1. The Labute approximate surface area is 117 Å². The molecule has 1 saturated heterocycles. The van der Waals surface area contributed by atoms with Gasteiger partial charge in [0.1, 0.15) is 6.10 Å². The van der Waals surface area contributed by atoms with Crippen LogP contribution in [-0.4, -0.2) is 18.0 Å². The van der Waals surface area contributed by atoms with Gasteiger partial charge in [-0.3, -0.25) is 9.59 Å². The molecule has 2 aliphatic carbocycles. The average Bonchev–Trinajstić information content (AvgIpc) is 3.07. The molecule has 0 spiro atoms. The molecule has 1 N–H and O–H groups in total. The lowest BCUT2D eigenvalue weighted by Gasteiger charge is -2.23. The molecule has 0 aromatic heterocycles. The van der Waals surface area contributed by atoms with Gasteiger partial charge in [0.05, 0.1) is 11.8 Å². The summed E-state index contributed by atoms with van der Waals surface area (Å²) in [5.41, 5.74) is 1.08. The van der Waals surface area contributed by atoms with E-state index in [9.17, 15) is 9.59 Å². The molecule has 2 bridgehead atoms. The van der Waals surface area contributed by atoms with Crippen molar-refractivity contribution in [3.8, 4) is 0 Å². The Balaban J connectivity index is 1.46. The molecule has 0 unspecified atom stereocenters. The zero-order chi connectivity index (χ0) is 13.7. The Morgan fingerprint density at radius 3 is 2.85 bits per heavy atom. The molecule has 104 valence electrons. The topological polar surface area (TPSA) is 55.4 Å². The second kappa shape index (κ2) is 4.33. The fourth-order valence-electron chi connectivity index (χ4n) is 4.27. The molecule has 2 saturated carbocycles. The average molecular weight is 271 g/mol. The van der Waals surface area contributed by atoms with Crippen LogP contribution in [0.3, 0.4) is 0 Å². The Hall–Kier alpha value is -1.84. The molecular formula is C16H17NO3. The number of nitrogens with one attached hydrogen (secondary N) is 1. The maximum atomic E-state index is 12.4. The minimum Gasteiger partial charge on any atom is -0.462 e. The Bertz CT molecular complexity index is 554. The molecule has 5 atom stereocenters. The van der Waals surface area contributed by atoms with E-state index in [4.69, 9.17) is 4.74 Å². The molecule has 1 amide bonds. The highest BCUT2D eigenvalue weighted by Crippen LogP contribution is 2.57. The molecule has 0 radical (unpaired) electrons. The van der Waals surface area contributed by atoms with Gasteiger partial charge in [0.2, 0.25) is 5.91 Å². The van der Waals surface area contributed by atoms with Crippen LogP contribution >= 0.6 is 0 Å². The number of hydrogen-bond acceptors (Lipinski definition) is 3.